The normalized spacial score (nSPS) is 18.1. The molecule has 1 aliphatic rings. The third-order valence-electron chi connectivity index (χ3n) is 3.94. The molecule has 1 fully saturated rings. The number of alkyl carbamates (subject to hydrolysis) is 1. The Morgan fingerprint density at radius 3 is 2.88 bits per heavy atom. The number of guanidine groups is 1. The van der Waals surface area contributed by atoms with E-state index in [2.05, 4.69) is 32.0 Å². The molecule has 1 atom stereocenters. The number of carbonyl (C=O) groups excluding carboxylic acids is 1. The van der Waals surface area contributed by atoms with Gasteiger partial charge in [0.2, 0.25) is 0 Å². The molecular weight excluding hydrogens is 332 g/mol. The van der Waals surface area contributed by atoms with Crippen molar-refractivity contribution < 1.29 is 9.53 Å². The molecule has 8 nitrogen and oxygen atoms in total. The summed E-state index contributed by atoms with van der Waals surface area (Å²) >= 11 is 0. The number of nitrogens with zero attached hydrogens (tertiary/aromatic N) is 4. The summed E-state index contributed by atoms with van der Waals surface area (Å²) in [6.07, 6.45) is 7.06. The fraction of sp³-hybridized carbons (Fsp3) is 0.722. The molecule has 1 unspecified atom stereocenters. The zero-order chi connectivity index (χ0) is 19.0. The Morgan fingerprint density at radius 1 is 1.42 bits per heavy atom. The number of rotatable bonds is 6. The van der Waals surface area contributed by atoms with Gasteiger partial charge in [0.05, 0.1) is 12.4 Å². The zero-order valence-corrected chi connectivity index (χ0v) is 16.4. The van der Waals surface area contributed by atoms with Crippen molar-refractivity contribution in [1.29, 1.82) is 0 Å². The lowest BCUT2D eigenvalue weighted by atomic mass is 10.2. The summed E-state index contributed by atoms with van der Waals surface area (Å²) < 4.78 is 7.39. The molecule has 0 aliphatic carbocycles. The number of aromatic nitrogens is 2. The Kier molecular flexibility index (Phi) is 7.29. The second kappa shape index (κ2) is 9.45. The Hall–Kier alpha value is -2.25. The van der Waals surface area contributed by atoms with Crippen molar-refractivity contribution in [3.05, 3.63) is 18.7 Å². The van der Waals surface area contributed by atoms with Crippen molar-refractivity contribution in [2.24, 2.45) is 4.99 Å². The van der Waals surface area contributed by atoms with Gasteiger partial charge in [0.15, 0.2) is 5.96 Å². The number of aliphatic imine (C=N–C) groups is 1. The Balaban J connectivity index is 1.80. The van der Waals surface area contributed by atoms with E-state index in [-0.39, 0.29) is 12.1 Å². The molecule has 2 heterocycles. The molecule has 0 saturated carbocycles. The van der Waals surface area contributed by atoms with Crippen LogP contribution in [0.3, 0.4) is 0 Å². The predicted octanol–water partition coefficient (Wildman–Crippen LogP) is 1.84. The first-order chi connectivity index (χ1) is 12.4. The van der Waals surface area contributed by atoms with Crippen LogP contribution in [-0.4, -0.2) is 64.3 Å². The molecule has 8 heteroatoms. The van der Waals surface area contributed by atoms with Gasteiger partial charge in [-0.2, -0.15) is 0 Å². The van der Waals surface area contributed by atoms with Crippen molar-refractivity contribution >= 4 is 12.1 Å². The average Bonchev–Trinajstić information content (AvgIpc) is 3.20. The molecule has 1 saturated heterocycles. The van der Waals surface area contributed by atoms with Gasteiger partial charge in [0, 0.05) is 45.1 Å². The van der Waals surface area contributed by atoms with Gasteiger partial charge in [-0.3, -0.25) is 4.99 Å². The van der Waals surface area contributed by atoms with Crippen molar-refractivity contribution in [3.8, 4) is 0 Å². The third-order valence-corrected chi connectivity index (χ3v) is 3.94. The summed E-state index contributed by atoms with van der Waals surface area (Å²) in [4.78, 5) is 22.9. The Bertz CT molecular complexity index is 579. The summed E-state index contributed by atoms with van der Waals surface area (Å²) in [5.74, 6) is 0.909. The van der Waals surface area contributed by atoms with E-state index in [1.54, 1.807) is 6.20 Å². The fourth-order valence-corrected chi connectivity index (χ4v) is 2.83. The molecule has 146 valence electrons. The topological polar surface area (TPSA) is 83.8 Å². The van der Waals surface area contributed by atoms with Gasteiger partial charge >= 0.3 is 6.09 Å². The van der Waals surface area contributed by atoms with E-state index in [0.717, 1.165) is 51.5 Å². The van der Waals surface area contributed by atoms with Gasteiger partial charge in [0.1, 0.15) is 5.60 Å². The van der Waals surface area contributed by atoms with E-state index in [1.165, 1.54) is 0 Å². The lowest BCUT2D eigenvalue weighted by molar-refractivity contribution is 0.0507. The highest BCUT2D eigenvalue weighted by atomic mass is 16.6. The summed E-state index contributed by atoms with van der Waals surface area (Å²) in [6, 6.07) is 0.0830. The van der Waals surface area contributed by atoms with Crippen LogP contribution in [0.2, 0.25) is 0 Å². The standard InChI is InChI=1S/C18H32N6O2/c1-5-20-16(21-8-6-10-23-12-9-19-14-23)24-11-7-15(13-24)22-17(25)26-18(2,3)4/h9,12,14-15H,5-8,10-11,13H2,1-4H3,(H,20,21)(H,22,25). The summed E-state index contributed by atoms with van der Waals surface area (Å²) in [7, 11) is 0. The first kappa shape index (κ1) is 20.1. The first-order valence-electron chi connectivity index (χ1n) is 9.36. The van der Waals surface area contributed by atoms with Gasteiger partial charge in [-0.05, 0) is 40.5 Å². The summed E-state index contributed by atoms with van der Waals surface area (Å²) in [5, 5.41) is 6.30. The number of hydrogen-bond donors (Lipinski definition) is 2. The molecule has 0 radical (unpaired) electrons. The van der Waals surface area contributed by atoms with Gasteiger partial charge < -0.3 is 24.8 Å². The minimum absolute atomic E-state index is 0.0830. The fourth-order valence-electron chi connectivity index (χ4n) is 2.83. The molecule has 2 rings (SSSR count). The largest absolute Gasteiger partial charge is 0.444 e. The van der Waals surface area contributed by atoms with Crippen LogP contribution in [0.25, 0.3) is 0 Å². The molecular formula is C18H32N6O2. The molecule has 1 amide bonds. The maximum Gasteiger partial charge on any atom is 0.407 e. The van der Waals surface area contributed by atoms with Crippen molar-refractivity contribution in [2.45, 2.75) is 58.7 Å². The third kappa shape index (κ3) is 6.93. The SMILES string of the molecule is CCNC(=NCCCn1ccnc1)N1CCC(NC(=O)OC(C)(C)C)C1. The first-order valence-corrected chi connectivity index (χ1v) is 9.36. The van der Waals surface area contributed by atoms with Crippen LogP contribution in [0, 0.1) is 0 Å². The van der Waals surface area contributed by atoms with Gasteiger partial charge in [-0.1, -0.05) is 0 Å². The van der Waals surface area contributed by atoms with Crippen LogP contribution in [0.1, 0.15) is 40.5 Å². The molecule has 1 aromatic rings. The highest BCUT2D eigenvalue weighted by molar-refractivity contribution is 5.80. The van der Waals surface area contributed by atoms with Gasteiger partial charge in [-0.15, -0.1) is 0 Å². The molecule has 1 aromatic heterocycles. The van der Waals surface area contributed by atoms with E-state index in [4.69, 9.17) is 9.73 Å². The predicted molar refractivity (Wildman–Crippen MR) is 102 cm³/mol. The molecule has 0 aromatic carbocycles. The number of nitrogens with one attached hydrogen (secondary N) is 2. The average molecular weight is 364 g/mol. The maximum atomic E-state index is 11.9. The van der Waals surface area contributed by atoms with E-state index in [0.29, 0.717) is 0 Å². The van der Waals surface area contributed by atoms with Crippen LogP contribution in [0.4, 0.5) is 4.79 Å². The molecule has 0 bridgehead atoms. The van der Waals surface area contributed by atoms with Gasteiger partial charge in [-0.25, -0.2) is 9.78 Å². The van der Waals surface area contributed by atoms with Crippen LogP contribution in [-0.2, 0) is 11.3 Å². The Morgan fingerprint density at radius 2 is 2.23 bits per heavy atom. The summed E-state index contributed by atoms with van der Waals surface area (Å²) in [6.45, 7) is 11.8. The van der Waals surface area contributed by atoms with E-state index in [9.17, 15) is 4.79 Å². The summed E-state index contributed by atoms with van der Waals surface area (Å²) in [5.41, 5.74) is -0.478. The number of aryl methyl sites for hydroxylation is 1. The van der Waals surface area contributed by atoms with Crippen molar-refractivity contribution in [1.82, 2.24) is 25.1 Å². The molecule has 2 N–H and O–H groups in total. The number of likely N-dealkylation sites (tertiary alicyclic amines) is 1. The minimum atomic E-state index is -0.478. The van der Waals surface area contributed by atoms with E-state index in [1.807, 2.05) is 33.3 Å². The molecule has 26 heavy (non-hydrogen) atoms. The van der Waals surface area contributed by atoms with E-state index >= 15 is 0 Å². The molecule has 0 spiro atoms. The maximum absolute atomic E-state index is 11.9. The second-order valence-electron chi connectivity index (χ2n) is 7.47. The van der Waals surface area contributed by atoms with Gasteiger partial charge in [0.25, 0.3) is 0 Å². The van der Waals surface area contributed by atoms with E-state index < -0.39 is 5.60 Å². The monoisotopic (exact) mass is 364 g/mol. The van der Waals surface area contributed by atoms with Crippen LogP contribution in [0.15, 0.2) is 23.7 Å². The van der Waals surface area contributed by atoms with Crippen molar-refractivity contribution in [3.63, 3.8) is 0 Å². The van der Waals surface area contributed by atoms with Crippen molar-refractivity contribution in [2.75, 3.05) is 26.2 Å². The number of ether oxygens (including phenoxy) is 1. The second-order valence-corrected chi connectivity index (χ2v) is 7.47. The van der Waals surface area contributed by atoms with Crippen LogP contribution >= 0.6 is 0 Å². The highest BCUT2D eigenvalue weighted by Gasteiger charge is 2.27. The van der Waals surface area contributed by atoms with Crippen LogP contribution in [0.5, 0.6) is 0 Å². The zero-order valence-electron chi connectivity index (χ0n) is 16.4. The lowest BCUT2D eigenvalue weighted by Crippen LogP contribution is -2.44. The number of imidazole rings is 1. The number of amides is 1. The quantitative estimate of drug-likeness (QED) is 0.457. The Labute approximate surface area is 156 Å². The molecule has 1 aliphatic heterocycles. The number of hydrogen-bond acceptors (Lipinski definition) is 4. The minimum Gasteiger partial charge on any atom is -0.444 e. The number of carbonyl (C=O) groups is 1. The van der Waals surface area contributed by atoms with Crippen LogP contribution < -0.4 is 10.6 Å². The highest BCUT2D eigenvalue weighted by Crippen LogP contribution is 2.12. The smallest absolute Gasteiger partial charge is 0.407 e. The lowest BCUT2D eigenvalue weighted by Gasteiger charge is -2.23.